The van der Waals surface area contributed by atoms with Crippen LogP contribution in [0.5, 0.6) is 0 Å². The van der Waals surface area contributed by atoms with E-state index < -0.39 is 0 Å². The van der Waals surface area contributed by atoms with E-state index in [9.17, 15) is 10.5 Å². The van der Waals surface area contributed by atoms with E-state index in [1.54, 1.807) is 0 Å². The van der Waals surface area contributed by atoms with Crippen LogP contribution in [-0.4, -0.2) is 0 Å². The summed E-state index contributed by atoms with van der Waals surface area (Å²) in [5, 5.41) is 27.4. The number of nitriles is 2. The highest BCUT2D eigenvalue weighted by atomic mass is 16.4. The van der Waals surface area contributed by atoms with Gasteiger partial charge in [-0.3, -0.25) is 0 Å². The summed E-state index contributed by atoms with van der Waals surface area (Å²) in [5.74, 6) is 0. The van der Waals surface area contributed by atoms with Crippen molar-refractivity contribution >= 4 is 99.5 Å². The maximum atomic E-state index is 9.54. The average molecular weight is 855 g/mol. The highest BCUT2D eigenvalue weighted by molar-refractivity contribution is 6.21. The summed E-state index contributed by atoms with van der Waals surface area (Å²) in [7, 11) is 0. The summed E-state index contributed by atoms with van der Waals surface area (Å²) in [6, 6.07) is 63.5. The van der Waals surface area contributed by atoms with Gasteiger partial charge in [0.05, 0.1) is 23.3 Å². The lowest BCUT2D eigenvalue weighted by atomic mass is 9.87. The van der Waals surface area contributed by atoms with Crippen LogP contribution in [0.15, 0.2) is 179 Å². The SMILES string of the molecule is CC(C)(C)c1ccc(N(c2ccc(C#N)cc2)c2ccc3cc4c(cc3c2)oc2c4ccc3c4cc5ccc(N(c6ccc(C#N)cc6)c6ccc(C(C)(C)C)cc6)cc5cc4oc32)cc1. The van der Waals surface area contributed by atoms with Gasteiger partial charge in [-0.2, -0.15) is 10.5 Å². The number of benzene rings is 9. The van der Waals surface area contributed by atoms with Crippen molar-refractivity contribution in [2.24, 2.45) is 0 Å². The Hall–Kier alpha value is -8.32. The highest BCUT2D eigenvalue weighted by Gasteiger charge is 2.22. The van der Waals surface area contributed by atoms with Gasteiger partial charge in [-0.1, -0.05) is 77.9 Å². The maximum absolute atomic E-state index is 9.54. The summed E-state index contributed by atoms with van der Waals surface area (Å²) >= 11 is 0. The van der Waals surface area contributed by atoms with Gasteiger partial charge in [0.25, 0.3) is 0 Å². The fourth-order valence-corrected chi connectivity index (χ4v) is 9.29. The minimum Gasteiger partial charge on any atom is -0.452 e. The van der Waals surface area contributed by atoms with E-state index in [0.717, 1.165) is 99.5 Å². The minimum atomic E-state index is 0.0301. The van der Waals surface area contributed by atoms with Crippen molar-refractivity contribution < 1.29 is 8.83 Å². The van der Waals surface area contributed by atoms with E-state index in [-0.39, 0.29) is 10.8 Å². The number of hydrogen-bond acceptors (Lipinski definition) is 6. The van der Waals surface area contributed by atoms with Crippen molar-refractivity contribution in [2.45, 2.75) is 52.4 Å². The second kappa shape index (κ2) is 15.2. The molecular weight excluding hydrogens is 809 g/mol. The molecule has 66 heavy (non-hydrogen) atoms. The largest absolute Gasteiger partial charge is 0.452 e. The first-order valence-electron chi connectivity index (χ1n) is 22.3. The van der Waals surface area contributed by atoms with Crippen molar-refractivity contribution in [1.29, 1.82) is 10.5 Å². The molecule has 2 heterocycles. The van der Waals surface area contributed by atoms with Crippen LogP contribution in [0.2, 0.25) is 0 Å². The summed E-state index contributed by atoms with van der Waals surface area (Å²) in [6.07, 6.45) is 0. The summed E-state index contributed by atoms with van der Waals surface area (Å²) in [4.78, 5) is 4.46. The van der Waals surface area contributed by atoms with E-state index in [4.69, 9.17) is 8.83 Å². The molecule has 0 spiro atoms. The first-order chi connectivity index (χ1) is 31.8. The molecule has 0 atom stereocenters. The molecule has 0 amide bonds. The van der Waals surface area contributed by atoms with Gasteiger partial charge in [-0.15, -0.1) is 0 Å². The lowest BCUT2D eigenvalue weighted by Crippen LogP contribution is -2.13. The Bertz CT molecular complexity index is 3520. The Balaban J connectivity index is 1.000. The predicted octanol–water partition coefficient (Wildman–Crippen LogP) is 17.1. The van der Waals surface area contributed by atoms with Gasteiger partial charge in [-0.25, -0.2) is 0 Å². The molecule has 0 unspecified atom stereocenters. The zero-order valence-corrected chi connectivity index (χ0v) is 37.8. The van der Waals surface area contributed by atoms with Crippen LogP contribution in [0.25, 0.3) is 65.4 Å². The fourth-order valence-electron chi connectivity index (χ4n) is 9.29. The van der Waals surface area contributed by atoms with Crippen molar-refractivity contribution in [2.75, 3.05) is 9.80 Å². The summed E-state index contributed by atoms with van der Waals surface area (Å²) < 4.78 is 13.5. The van der Waals surface area contributed by atoms with Gasteiger partial charge in [0.2, 0.25) is 0 Å². The number of fused-ring (bicyclic) bond motifs is 9. The smallest absolute Gasteiger partial charge is 0.178 e. The molecular formula is C60H46N4O2. The van der Waals surface area contributed by atoms with Crippen LogP contribution >= 0.6 is 0 Å². The molecule has 0 aliphatic carbocycles. The third-order valence-electron chi connectivity index (χ3n) is 13.0. The van der Waals surface area contributed by atoms with Gasteiger partial charge in [0.1, 0.15) is 11.2 Å². The van der Waals surface area contributed by atoms with E-state index in [0.29, 0.717) is 11.1 Å². The quantitative estimate of drug-likeness (QED) is 0.166. The first-order valence-corrected chi connectivity index (χ1v) is 22.3. The molecule has 0 bridgehead atoms. The van der Waals surface area contributed by atoms with Crippen LogP contribution in [0, 0.1) is 22.7 Å². The van der Waals surface area contributed by atoms with Crippen LogP contribution in [0.3, 0.4) is 0 Å². The molecule has 0 N–H and O–H groups in total. The lowest BCUT2D eigenvalue weighted by molar-refractivity contribution is 0.590. The molecule has 0 aliphatic rings. The number of hydrogen-bond donors (Lipinski definition) is 0. The molecule has 318 valence electrons. The predicted molar refractivity (Wildman–Crippen MR) is 272 cm³/mol. The molecule has 6 heteroatoms. The Kier molecular flexibility index (Phi) is 9.29. The van der Waals surface area contributed by atoms with Gasteiger partial charge in [-0.05, 0) is 177 Å². The second-order valence-corrected chi connectivity index (χ2v) is 19.4. The van der Waals surface area contributed by atoms with Crippen molar-refractivity contribution in [3.63, 3.8) is 0 Å². The topological polar surface area (TPSA) is 80.3 Å². The molecule has 0 saturated carbocycles. The molecule has 0 radical (unpaired) electrons. The Morgan fingerprint density at radius 1 is 0.348 bits per heavy atom. The number of nitrogens with zero attached hydrogens (tertiary/aromatic N) is 4. The van der Waals surface area contributed by atoms with Gasteiger partial charge >= 0.3 is 0 Å². The number of furan rings is 2. The van der Waals surface area contributed by atoms with Crippen molar-refractivity contribution in [3.05, 3.63) is 192 Å². The van der Waals surface area contributed by atoms with Crippen LogP contribution in [0.4, 0.5) is 34.1 Å². The Labute approximate surface area is 383 Å². The van der Waals surface area contributed by atoms with Crippen molar-refractivity contribution in [1.82, 2.24) is 0 Å². The third-order valence-corrected chi connectivity index (χ3v) is 13.0. The molecule has 11 rings (SSSR count). The maximum Gasteiger partial charge on any atom is 0.178 e. The second-order valence-electron chi connectivity index (χ2n) is 19.4. The zero-order valence-electron chi connectivity index (χ0n) is 37.8. The van der Waals surface area contributed by atoms with Crippen LogP contribution < -0.4 is 9.80 Å². The van der Waals surface area contributed by atoms with Crippen molar-refractivity contribution in [3.8, 4) is 12.1 Å². The monoisotopic (exact) mass is 854 g/mol. The summed E-state index contributed by atoms with van der Waals surface area (Å²) in [5.41, 5.74) is 12.8. The molecule has 0 fully saturated rings. The summed E-state index contributed by atoms with van der Waals surface area (Å²) in [6.45, 7) is 13.3. The van der Waals surface area contributed by atoms with E-state index >= 15 is 0 Å². The van der Waals surface area contributed by atoms with Gasteiger partial charge < -0.3 is 18.6 Å². The van der Waals surface area contributed by atoms with E-state index in [1.165, 1.54) is 11.1 Å². The normalized spacial score (nSPS) is 12.1. The molecule has 0 aliphatic heterocycles. The molecule has 0 saturated heterocycles. The van der Waals surface area contributed by atoms with Gasteiger partial charge in [0.15, 0.2) is 11.2 Å². The number of anilines is 6. The fraction of sp³-hybridized carbons (Fsp3) is 0.133. The Morgan fingerprint density at radius 2 is 0.682 bits per heavy atom. The molecule has 2 aromatic heterocycles. The van der Waals surface area contributed by atoms with E-state index in [1.807, 2.05) is 48.5 Å². The first kappa shape index (κ1) is 40.5. The molecule has 11 aromatic rings. The number of rotatable bonds is 6. The third kappa shape index (κ3) is 6.96. The molecule has 9 aromatic carbocycles. The lowest BCUT2D eigenvalue weighted by Gasteiger charge is -2.27. The highest BCUT2D eigenvalue weighted by Crippen LogP contribution is 2.44. The van der Waals surface area contributed by atoms with Crippen LogP contribution in [-0.2, 0) is 10.8 Å². The van der Waals surface area contributed by atoms with Gasteiger partial charge in [0, 0.05) is 55.7 Å². The minimum absolute atomic E-state index is 0.0301. The van der Waals surface area contributed by atoms with Crippen LogP contribution in [0.1, 0.15) is 63.8 Å². The average Bonchev–Trinajstić information content (AvgIpc) is 3.87. The van der Waals surface area contributed by atoms with E-state index in [2.05, 4.69) is 185 Å². The Morgan fingerprint density at radius 3 is 1.02 bits per heavy atom. The molecule has 6 nitrogen and oxygen atoms in total. The standard InChI is InChI=1S/C60H46N4O2/c1-59(2,3)43-13-23-47(24-14-43)63(45-17-7-37(35-61)8-18-45)49-21-11-39-31-53-51-27-28-52-54-32-40-12-22-50(30-42(40)34-56(54)66-58(52)57(51)65-55(53)33-41(39)29-49)64(46-19-9-38(36-62)10-20-46)48-25-15-44(16-26-48)60(4,5)6/h7-34H,1-6H3. The zero-order chi connectivity index (χ0) is 45.5.